The fourth-order valence-corrected chi connectivity index (χ4v) is 5.66. The Hall–Kier alpha value is -2.94. The first-order chi connectivity index (χ1) is 16.3. The molecule has 0 spiro atoms. The van der Waals surface area contributed by atoms with Crippen LogP contribution in [0.3, 0.4) is 0 Å². The van der Waals surface area contributed by atoms with E-state index in [0.717, 1.165) is 32.2 Å². The van der Waals surface area contributed by atoms with Gasteiger partial charge in [-0.15, -0.1) is 0 Å². The number of fused-ring (bicyclic) bond motifs is 2. The molecule has 2 amide bonds. The van der Waals surface area contributed by atoms with Gasteiger partial charge in [0.2, 0.25) is 0 Å². The van der Waals surface area contributed by atoms with Crippen molar-refractivity contribution in [2.75, 3.05) is 19.6 Å². The monoisotopic (exact) mass is 456 g/mol. The second kappa shape index (κ2) is 8.69. The van der Waals surface area contributed by atoms with Gasteiger partial charge in [0.15, 0.2) is 0 Å². The Kier molecular flexibility index (Phi) is 5.83. The molecule has 2 atom stereocenters. The molecule has 3 aliphatic heterocycles. The van der Waals surface area contributed by atoms with E-state index in [1.54, 1.807) is 24.3 Å². The van der Waals surface area contributed by atoms with Gasteiger partial charge in [-0.25, -0.2) is 0 Å². The molecule has 0 aliphatic carbocycles. The van der Waals surface area contributed by atoms with Crippen LogP contribution in [-0.2, 0) is 11.2 Å². The molecule has 34 heavy (non-hydrogen) atoms. The maximum absolute atomic E-state index is 13.1. The largest absolute Gasteiger partial charge is 0.357 e. The van der Waals surface area contributed by atoms with Gasteiger partial charge in [-0.1, -0.05) is 48.2 Å². The van der Waals surface area contributed by atoms with Gasteiger partial charge in [0, 0.05) is 13.1 Å². The van der Waals surface area contributed by atoms with Crippen molar-refractivity contribution in [3.8, 4) is 11.8 Å². The van der Waals surface area contributed by atoms with Gasteiger partial charge < -0.3 is 4.74 Å². The van der Waals surface area contributed by atoms with Crippen LogP contribution in [0.5, 0.6) is 0 Å². The van der Waals surface area contributed by atoms with E-state index in [1.807, 2.05) is 6.07 Å². The van der Waals surface area contributed by atoms with E-state index in [1.165, 1.54) is 16.0 Å². The Morgan fingerprint density at radius 1 is 0.971 bits per heavy atom. The number of ether oxygens (including phenoxy) is 1. The molecule has 1 saturated heterocycles. The highest BCUT2D eigenvalue weighted by Gasteiger charge is 2.39. The molecule has 5 heteroatoms. The van der Waals surface area contributed by atoms with Crippen molar-refractivity contribution < 1.29 is 14.3 Å². The fraction of sp³-hybridized carbons (Fsp3) is 0.448. The number of hydrogen-bond donors (Lipinski definition) is 0. The Bertz CT molecular complexity index is 1160. The third-order valence-corrected chi connectivity index (χ3v) is 7.33. The number of imide groups is 1. The van der Waals surface area contributed by atoms with Crippen LogP contribution < -0.4 is 0 Å². The van der Waals surface area contributed by atoms with E-state index in [-0.39, 0.29) is 23.5 Å². The lowest BCUT2D eigenvalue weighted by molar-refractivity contribution is -0.135. The molecule has 5 nitrogen and oxygen atoms in total. The maximum Gasteiger partial charge on any atom is 0.261 e. The van der Waals surface area contributed by atoms with Gasteiger partial charge in [-0.2, -0.15) is 0 Å². The van der Waals surface area contributed by atoms with Crippen LogP contribution in [0.4, 0.5) is 0 Å². The second-order valence-electron chi connectivity index (χ2n) is 10.4. The number of carbonyl (C=O) groups is 2. The molecule has 2 aromatic rings. The molecule has 0 N–H and O–H groups in total. The first-order valence-corrected chi connectivity index (χ1v) is 12.2. The van der Waals surface area contributed by atoms with Gasteiger partial charge >= 0.3 is 0 Å². The predicted molar refractivity (Wildman–Crippen MR) is 131 cm³/mol. The molecule has 0 bridgehead atoms. The zero-order valence-corrected chi connectivity index (χ0v) is 20.3. The SMILES string of the molecule is CC1(C)CCCC(C)(C#CCN2CCc3ccccc3C2CN2C(=O)c3ccccc3C2=O)O1. The molecule has 5 rings (SSSR count). The van der Waals surface area contributed by atoms with E-state index >= 15 is 0 Å². The van der Waals surface area contributed by atoms with Gasteiger partial charge in [-0.3, -0.25) is 19.4 Å². The average Bonchev–Trinajstić information content (AvgIpc) is 3.04. The van der Waals surface area contributed by atoms with Crippen LogP contribution in [0.15, 0.2) is 48.5 Å². The van der Waals surface area contributed by atoms with Gasteiger partial charge in [0.1, 0.15) is 5.60 Å². The number of amides is 2. The normalized spacial score (nSPS) is 26.0. The molecule has 176 valence electrons. The molecular formula is C29H32N2O3. The lowest BCUT2D eigenvalue weighted by Crippen LogP contribution is -2.44. The number of carbonyl (C=O) groups excluding carboxylic acids is 2. The smallest absolute Gasteiger partial charge is 0.261 e. The number of rotatable bonds is 3. The summed E-state index contributed by atoms with van der Waals surface area (Å²) in [6, 6.07) is 15.3. The van der Waals surface area contributed by atoms with Crippen molar-refractivity contribution in [1.29, 1.82) is 0 Å². The molecule has 2 aromatic carbocycles. The lowest BCUT2D eigenvalue weighted by Gasteiger charge is -2.40. The predicted octanol–water partition coefficient (Wildman–Crippen LogP) is 4.62. The minimum atomic E-state index is -0.437. The summed E-state index contributed by atoms with van der Waals surface area (Å²) in [7, 11) is 0. The van der Waals surface area contributed by atoms with Crippen molar-refractivity contribution in [2.45, 2.75) is 63.7 Å². The lowest BCUT2D eigenvalue weighted by atomic mass is 9.88. The third kappa shape index (κ3) is 4.29. The van der Waals surface area contributed by atoms with E-state index < -0.39 is 5.60 Å². The summed E-state index contributed by atoms with van der Waals surface area (Å²) in [4.78, 5) is 29.8. The highest BCUT2D eigenvalue weighted by Crippen LogP contribution is 2.35. The summed E-state index contributed by atoms with van der Waals surface area (Å²) in [6.07, 6.45) is 4.02. The van der Waals surface area contributed by atoms with Crippen LogP contribution in [0.25, 0.3) is 0 Å². The van der Waals surface area contributed by atoms with E-state index in [0.29, 0.717) is 24.2 Å². The molecule has 1 fully saturated rings. The Morgan fingerprint density at radius 2 is 1.65 bits per heavy atom. The second-order valence-corrected chi connectivity index (χ2v) is 10.4. The summed E-state index contributed by atoms with van der Waals surface area (Å²) in [5.41, 5.74) is 2.85. The average molecular weight is 457 g/mol. The number of benzene rings is 2. The summed E-state index contributed by atoms with van der Waals surface area (Å²) < 4.78 is 6.32. The third-order valence-electron chi connectivity index (χ3n) is 7.33. The first kappa shape index (κ1) is 22.8. The maximum atomic E-state index is 13.1. The van der Waals surface area contributed by atoms with Crippen LogP contribution in [0, 0.1) is 11.8 Å². The van der Waals surface area contributed by atoms with Crippen molar-refractivity contribution in [3.05, 3.63) is 70.8 Å². The van der Waals surface area contributed by atoms with Crippen LogP contribution >= 0.6 is 0 Å². The highest BCUT2D eigenvalue weighted by atomic mass is 16.5. The topological polar surface area (TPSA) is 49.9 Å². The highest BCUT2D eigenvalue weighted by molar-refractivity contribution is 6.21. The quantitative estimate of drug-likeness (QED) is 0.499. The minimum Gasteiger partial charge on any atom is -0.357 e. The number of hydrogen-bond acceptors (Lipinski definition) is 4. The molecular weight excluding hydrogens is 424 g/mol. The Labute approximate surface area is 202 Å². The van der Waals surface area contributed by atoms with E-state index in [9.17, 15) is 9.59 Å². The molecule has 0 radical (unpaired) electrons. The molecule has 0 aromatic heterocycles. The van der Waals surface area contributed by atoms with Crippen LogP contribution in [0.1, 0.15) is 77.9 Å². The van der Waals surface area contributed by atoms with Gasteiger partial charge in [-0.05, 0) is 69.7 Å². The summed E-state index contributed by atoms with van der Waals surface area (Å²) in [5.74, 6) is 6.38. The molecule has 2 unspecified atom stereocenters. The van der Waals surface area contributed by atoms with Crippen molar-refractivity contribution in [1.82, 2.24) is 9.80 Å². The van der Waals surface area contributed by atoms with Crippen molar-refractivity contribution in [2.24, 2.45) is 0 Å². The minimum absolute atomic E-state index is 0.0852. The standard InChI is InChI=1S/C29H32N2O3/c1-28(2)15-8-16-29(3,34-28)17-9-18-30-19-14-21-10-4-5-11-22(21)25(30)20-31-26(32)23-12-6-7-13-24(23)27(31)33/h4-7,10-13,25H,8,14-16,18-20H2,1-3H3. The fourth-order valence-electron chi connectivity index (χ4n) is 5.66. The zero-order valence-electron chi connectivity index (χ0n) is 20.3. The Balaban J connectivity index is 1.39. The first-order valence-electron chi connectivity index (χ1n) is 12.2. The molecule has 3 aliphatic rings. The van der Waals surface area contributed by atoms with Crippen LogP contribution in [0.2, 0.25) is 0 Å². The van der Waals surface area contributed by atoms with E-state index in [4.69, 9.17) is 4.74 Å². The van der Waals surface area contributed by atoms with Crippen LogP contribution in [-0.4, -0.2) is 52.5 Å². The van der Waals surface area contributed by atoms with Crippen molar-refractivity contribution >= 4 is 11.8 Å². The molecule has 3 heterocycles. The number of nitrogens with zero attached hydrogens (tertiary/aromatic N) is 2. The summed E-state index contributed by atoms with van der Waals surface area (Å²) >= 11 is 0. The van der Waals surface area contributed by atoms with Crippen molar-refractivity contribution in [3.63, 3.8) is 0 Å². The van der Waals surface area contributed by atoms with Gasteiger partial charge in [0.25, 0.3) is 11.8 Å². The molecule has 0 saturated carbocycles. The van der Waals surface area contributed by atoms with Gasteiger partial charge in [0.05, 0.1) is 29.3 Å². The van der Waals surface area contributed by atoms with E-state index in [2.05, 4.69) is 55.7 Å². The summed E-state index contributed by atoms with van der Waals surface area (Å²) in [5, 5.41) is 0. The summed E-state index contributed by atoms with van der Waals surface area (Å²) in [6.45, 7) is 8.08. The zero-order chi connectivity index (χ0) is 23.9. The Morgan fingerprint density at radius 3 is 2.35 bits per heavy atom.